The van der Waals surface area contributed by atoms with Gasteiger partial charge in [-0.1, -0.05) is 219 Å². The van der Waals surface area contributed by atoms with E-state index in [0.29, 0.717) is 206 Å². The van der Waals surface area contributed by atoms with Crippen LogP contribution in [0.3, 0.4) is 0 Å². The Kier molecular flexibility index (Phi) is 59.6. The highest BCUT2D eigenvalue weighted by Crippen LogP contribution is 2.56. The zero-order chi connectivity index (χ0) is 93.7. The van der Waals surface area contributed by atoms with Crippen LogP contribution in [0.2, 0.25) is 0 Å². The Balaban J connectivity index is -0.000000748. The molecule has 22 nitrogen and oxygen atoms in total. The van der Waals surface area contributed by atoms with Crippen molar-refractivity contribution < 1.29 is 95.2 Å². The third-order valence-corrected chi connectivity index (χ3v) is 22.7. The van der Waals surface area contributed by atoms with Gasteiger partial charge in [0.05, 0.1) is 79.3 Å². The molecule has 0 fully saturated rings. The van der Waals surface area contributed by atoms with Gasteiger partial charge in [-0.15, -0.1) is 0 Å². The van der Waals surface area contributed by atoms with Crippen molar-refractivity contribution in [3.63, 3.8) is 0 Å². The van der Waals surface area contributed by atoms with Crippen LogP contribution in [0.25, 0.3) is 0 Å². The standard InChI is InChI=1S/C26H47NO4.C25H44O6.C24H43NO4.C23H40O6/c1-20(2)22(28)14-11-12-16-30-18-26(24(5,6)7,25(8,9)10)19-31-17-13-15-27-23(29)21(3)4;1-19(2)21(26)30-15-11-13-28-17-25(23(5,6)7,24(8,9)10)18-29-14-12-16-31-22(27)20(3)4;1-9-20(26)14-11-12-16-28-18-24(22(3,4)5,23(6,7)8)19-29-17-13-15-25-21(27)10-2;1-9-19(24)28-15-11-13-26-17-23(21(3,4)5,22(6,7)8)18-27-14-12-16-29-20(25)10-2/h1,3,11-19H2,2,4-10H3,(H,27,29);1,3,11-18H2,2,4-10H3;9-10H,1-2,11-19H2,3-8H3,(H,25,27);9-10H,1-2,11-18H2,3-8H3. The van der Waals surface area contributed by atoms with Crippen molar-refractivity contribution in [2.45, 2.75) is 271 Å². The Hall–Kier alpha value is -6.24. The summed E-state index contributed by atoms with van der Waals surface area (Å²) in [6, 6.07) is 0. The molecule has 2 amide bonds. The number of hydrogen-bond donors (Lipinski definition) is 2. The summed E-state index contributed by atoms with van der Waals surface area (Å²) in [7, 11) is 0. The smallest absolute Gasteiger partial charge is 0.333 e. The lowest BCUT2D eigenvalue weighted by Crippen LogP contribution is -2.53. The number of hydrogen-bond acceptors (Lipinski definition) is 20. The summed E-state index contributed by atoms with van der Waals surface area (Å²) in [4.78, 5) is 90.8. The van der Waals surface area contributed by atoms with Crippen LogP contribution in [0.4, 0.5) is 0 Å². The Morgan fingerprint density at radius 2 is 0.508 bits per heavy atom. The normalized spacial score (nSPS) is 12.4. The van der Waals surface area contributed by atoms with Gasteiger partial charge in [-0.2, -0.15) is 0 Å². The fourth-order valence-corrected chi connectivity index (χ4v) is 14.1. The summed E-state index contributed by atoms with van der Waals surface area (Å²) < 4.78 is 68.8. The third-order valence-electron chi connectivity index (χ3n) is 22.7. The summed E-state index contributed by atoms with van der Waals surface area (Å²) in [6.07, 6.45) is 13.4. The fourth-order valence-electron chi connectivity index (χ4n) is 14.1. The molecule has 0 aliphatic heterocycles. The topological polar surface area (TPSA) is 271 Å². The monoisotopic (exact) mass is 1700 g/mol. The molecule has 120 heavy (non-hydrogen) atoms. The van der Waals surface area contributed by atoms with E-state index in [-0.39, 0.29) is 100 Å². The van der Waals surface area contributed by atoms with Crippen molar-refractivity contribution in [3.8, 4) is 0 Å². The number of esters is 4. The van der Waals surface area contributed by atoms with E-state index in [2.05, 4.69) is 229 Å². The molecule has 0 bridgehead atoms. The number of amides is 2. The second-order valence-electron chi connectivity index (χ2n) is 39.8. The molecule has 0 aromatic heterocycles. The second kappa shape index (κ2) is 59.6. The minimum absolute atomic E-state index is 0.0267. The molecule has 0 unspecified atom stereocenters. The molecule has 0 saturated heterocycles. The predicted octanol–water partition coefficient (Wildman–Crippen LogP) is 19.7. The van der Waals surface area contributed by atoms with Crippen LogP contribution >= 0.6 is 0 Å². The number of nitrogens with one attached hydrogen (secondary N) is 2. The van der Waals surface area contributed by atoms with Crippen LogP contribution in [-0.2, 0) is 95.2 Å². The Labute approximate surface area is 729 Å². The maximum atomic E-state index is 11.7. The second-order valence-corrected chi connectivity index (χ2v) is 39.8. The van der Waals surface area contributed by atoms with E-state index in [1.165, 1.54) is 12.2 Å². The highest BCUT2D eigenvalue weighted by atomic mass is 16.6. The van der Waals surface area contributed by atoms with E-state index >= 15 is 0 Å². The molecule has 0 rings (SSSR count). The van der Waals surface area contributed by atoms with Crippen LogP contribution in [0.1, 0.15) is 271 Å². The van der Waals surface area contributed by atoms with Gasteiger partial charge in [0, 0.05) is 155 Å². The van der Waals surface area contributed by atoms with Gasteiger partial charge in [-0.25, -0.2) is 19.2 Å². The van der Waals surface area contributed by atoms with Gasteiger partial charge in [0.15, 0.2) is 11.6 Å². The van der Waals surface area contributed by atoms with Crippen molar-refractivity contribution in [1.29, 1.82) is 0 Å². The number of ether oxygens (including phenoxy) is 12. The molecule has 0 aromatic rings. The minimum Gasteiger partial charge on any atom is -0.462 e. The molecular weight excluding hydrogens is 1530 g/mol. The van der Waals surface area contributed by atoms with Crippen molar-refractivity contribution in [3.05, 3.63) is 99.2 Å². The molecule has 0 aromatic carbocycles. The largest absolute Gasteiger partial charge is 0.462 e. The van der Waals surface area contributed by atoms with Gasteiger partial charge in [0.2, 0.25) is 11.8 Å². The summed E-state index contributed by atoms with van der Waals surface area (Å²) in [5, 5.41) is 5.60. The number of allylic oxidation sites excluding steroid dienone is 2. The quantitative estimate of drug-likeness (QED) is 0.0248. The Morgan fingerprint density at radius 1 is 0.267 bits per heavy atom. The number of carbonyl (C=O) groups is 8. The fraction of sp³-hybridized carbons (Fsp3) is 0.755. The number of rotatable bonds is 58. The first kappa shape index (κ1) is 120. The van der Waals surface area contributed by atoms with Gasteiger partial charge >= 0.3 is 23.9 Å². The summed E-state index contributed by atoms with van der Waals surface area (Å²) in [6.45, 7) is 99.4. The van der Waals surface area contributed by atoms with E-state index in [1.54, 1.807) is 27.7 Å². The molecule has 0 heterocycles. The zero-order valence-corrected chi connectivity index (χ0v) is 81.2. The minimum atomic E-state index is -0.420. The molecule has 2 N–H and O–H groups in total. The lowest BCUT2D eigenvalue weighted by molar-refractivity contribution is -0.148. The molecule has 0 aliphatic carbocycles. The highest BCUT2D eigenvalue weighted by Gasteiger charge is 2.54. The number of Topliss-reactive ketones (excluding diaryl/α,β-unsaturated/α-hetero) is 1. The average molecular weight is 1700 g/mol. The van der Waals surface area contributed by atoms with Gasteiger partial charge in [-0.05, 0) is 127 Å². The first-order chi connectivity index (χ1) is 55.1. The van der Waals surface area contributed by atoms with Gasteiger partial charge in [-0.3, -0.25) is 19.2 Å². The Bertz CT molecular complexity index is 2670. The van der Waals surface area contributed by atoms with Crippen molar-refractivity contribution >= 4 is 47.3 Å². The molecular formula is C98H174N2O20. The molecule has 22 heteroatoms. The number of carbonyl (C=O) groups excluding carboxylic acids is 8. The molecule has 0 aliphatic rings. The van der Waals surface area contributed by atoms with Crippen molar-refractivity contribution in [2.24, 2.45) is 65.0 Å². The molecule has 0 spiro atoms. The average Bonchev–Trinajstić information content (AvgIpc) is 0.782. The van der Waals surface area contributed by atoms with E-state index < -0.39 is 11.9 Å². The molecule has 0 radical (unpaired) electrons. The van der Waals surface area contributed by atoms with Crippen molar-refractivity contribution in [1.82, 2.24) is 10.6 Å². The van der Waals surface area contributed by atoms with E-state index in [9.17, 15) is 38.4 Å². The van der Waals surface area contributed by atoms with Crippen LogP contribution in [-0.4, -0.2) is 192 Å². The predicted molar refractivity (Wildman–Crippen MR) is 487 cm³/mol. The SMILES string of the molecule is C=C(C)C(=O)CCCCOCC(COCCCNC(=O)C(=C)C)(C(C)(C)C)C(C)(C)C.C=C(C)C(=O)OCCCOCC(COCCCOC(=O)C(=C)C)(C(C)(C)C)C(C)(C)C.C=CC(=O)CCCCOCC(COCCCNC(=O)C=C)(C(C)(C)C)C(C)(C)C.C=CC(=O)OCCCOCC(COCCCOC(=O)C=C)(C(C)(C)C)C(C)(C)C. The van der Waals surface area contributed by atoms with Crippen LogP contribution < -0.4 is 10.6 Å². The van der Waals surface area contributed by atoms with Crippen LogP contribution in [0.15, 0.2) is 99.2 Å². The molecule has 0 saturated carbocycles. The van der Waals surface area contributed by atoms with Crippen LogP contribution in [0, 0.1) is 65.0 Å². The lowest BCUT2D eigenvalue weighted by atomic mass is 9.54. The summed E-state index contributed by atoms with van der Waals surface area (Å²) >= 11 is 0. The van der Waals surface area contributed by atoms with Gasteiger partial charge in [0.25, 0.3) is 0 Å². The molecule has 696 valence electrons. The first-order valence-electron chi connectivity index (χ1n) is 43.2. The summed E-state index contributed by atoms with van der Waals surface area (Å²) in [5.41, 5.74) is 0.651. The van der Waals surface area contributed by atoms with E-state index in [4.69, 9.17) is 56.8 Å². The number of unbranched alkanes of at least 4 members (excludes halogenated alkanes) is 2. The molecule has 0 atom stereocenters. The van der Waals surface area contributed by atoms with Gasteiger partial charge < -0.3 is 67.5 Å². The number of ketones is 2. The summed E-state index contributed by atoms with van der Waals surface area (Å²) in [5.74, 6) is -1.65. The Morgan fingerprint density at radius 3 is 0.733 bits per heavy atom. The maximum Gasteiger partial charge on any atom is 0.333 e. The highest BCUT2D eigenvalue weighted by molar-refractivity contribution is 5.94. The zero-order valence-electron chi connectivity index (χ0n) is 81.2. The van der Waals surface area contributed by atoms with Gasteiger partial charge in [0.1, 0.15) is 0 Å². The van der Waals surface area contributed by atoms with Crippen LogP contribution in [0.5, 0.6) is 0 Å². The maximum absolute atomic E-state index is 11.7. The third kappa shape index (κ3) is 47.6. The van der Waals surface area contributed by atoms with Crippen molar-refractivity contribution in [2.75, 3.05) is 145 Å². The lowest BCUT2D eigenvalue weighted by Gasteiger charge is -2.53. The first-order valence-corrected chi connectivity index (χ1v) is 43.2. The van der Waals surface area contributed by atoms with E-state index in [1.807, 2.05) is 0 Å². The van der Waals surface area contributed by atoms with E-state index in [0.717, 1.165) is 50.7 Å².